The SMILES string of the molecule is Cc1cc(C(N)=S)nc(N2CCCC2)n1. The molecular formula is C10H14N4S. The smallest absolute Gasteiger partial charge is 0.226 e. The number of hydrogen-bond donors (Lipinski definition) is 1. The van der Waals surface area contributed by atoms with Gasteiger partial charge < -0.3 is 10.6 Å². The van der Waals surface area contributed by atoms with Crippen LogP contribution in [0.1, 0.15) is 24.2 Å². The van der Waals surface area contributed by atoms with Crippen LogP contribution in [0.2, 0.25) is 0 Å². The lowest BCUT2D eigenvalue weighted by Gasteiger charge is -2.16. The molecule has 0 spiro atoms. The van der Waals surface area contributed by atoms with Crippen LogP contribution in [-0.4, -0.2) is 28.0 Å². The van der Waals surface area contributed by atoms with E-state index in [9.17, 15) is 0 Å². The van der Waals surface area contributed by atoms with E-state index < -0.39 is 0 Å². The van der Waals surface area contributed by atoms with Crippen LogP contribution < -0.4 is 10.6 Å². The minimum atomic E-state index is 0.334. The van der Waals surface area contributed by atoms with Crippen molar-refractivity contribution in [2.45, 2.75) is 19.8 Å². The summed E-state index contributed by atoms with van der Waals surface area (Å²) in [6.45, 7) is 3.99. The number of rotatable bonds is 2. The van der Waals surface area contributed by atoms with Crippen LogP contribution in [-0.2, 0) is 0 Å². The van der Waals surface area contributed by atoms with Gasteiger partial charge >= 0.3 is 0 Å². The third kappa shape index (κ3) is 2.23. The molecule has 1 aliphatic heterocycles. The first-order valence-electron chi connectivity index (χ1n) is 5.07. The molecule has 1 aromatic rings. The molecule has 1 saturated heterocycles. The molecule has 2 heterocycles. The van der Waals surface area contributed by atoms with Gasteiger partial charge in [0, 0.05) is 18.8 Å². The van der Waals surface area contributed by atoms with Crippen molar-refractivity contribution in [3.63, 3.8) is 0 Å². The zero-order valence-electron chi connectivity index (χ0n) is 8.73. The maximum Gasteiger partial charge on any atom is 0.226 e. The number of aryl methyl sites for hydroxylation is 1. The van der Waals surface area contributed by atoms with Gasteiger partial charge in [0.2, 0.25) is 5.95 Å². The van der Waals surface area contributed by atoms with Crippen molar-refractivity contribution in [2.75, 3.05) is 18.0 Å². The van der Waals surface area contributed by atoms with Crippen molar-refractivity contribution >= 4 is 23.2 Å². The molecule has 1 aromatic heterocycles. The Balaban J connectivity index is 2.34. The first kappa shape index (κ1) is 10.3. The molecule has 1 fully saturated rings. The summed E-state index contributed by atoms with van der Waals surface area (Å²) >= 11 is 4.92. The quantitative estimate of drug-likeness (QED) is 0.757. The van der Waals surface area contributed by atoms with Gasteiger partial charge in [-0.1, -0.05) is 12.2 Å². The maximum atomic E-state index is 5.57. The van der Waals surface area contributed by atoms with Gasteiger partial charge in [-0.2, -0.15) is 0 Å². The van der Waals surface area contributed by atoms with E-state index in [-0.39, 0.29) is 0 Å². The summed E-state index contributed by atoms with van der Waals surface area (Å²) in [6.07, 6.45) is 2.42. The van der Waals surface area contributed by atoms with Gasteiger partial charge in [-0.3, -0.25) is 0 Å². The van der Waals surface area contributed by atoms with Gasteiger partial charge in [-0.25, -0.2) is 9.97 Å². The molecule has 5 heteroatoms. The Kier molecular flexibility index (Phi) is 2.81. The van der Waals surface area contributed by atoms with Crippen LogP contribution in [0.15, 0.2) is 6.07 Å². The molecule has 1 aliphatic rings. The molecule has 0 atom stereocenters. The van der Waals surface area contributed by atoms with Gasteiger partial charge in [0.25, 0.3) is 0 Å². The summed E-state index contributed by atoms with van der Waals surface area (Å²) in [5.74, 6) is 0.760. The first-order chi connectivity index (χ1) is 7.16. The summed E-state index contributed by atoms with van der Waals surface area (Å²) in [5.41, 5.74) is 7.15. The van der Waals surface area contributed by atoms with E-state index in [1.165, 1.54) is 12.8 Å². The predicted molar refractivity (Wildman–Crippen MR) is 64.1 cm³/mol. The van der Waals surface area contributed by atoms with E-state index in [0.717, 1.165) is 24.7 Å². The monoisotopic (exact) mass is 222 g/mol. The molecule has 0 bridgehead atoms. The Hall–Kier alpha value is -1.23. The van der Waals surface area contributed by atoms with Gasteiger partial charge in [-0.15, -0.1) is 0 Å². The second-order valence-electron chi connectivity index (χ2n) is 3.75. The van der Waals surface area contributed by atoms with E-state index in [1.807, 2.05) is 13.0 Å². The van der Waals surface area contributed by atoms with Crippen molar-refractivity contribution in [2.24, 2.45) is 5.73 Å². The molecule has 0 radical (unpaired) electrons. The van der Waals surface area contributed by atoms with Gasteiger partial charge in [0.1, 0.15) is 10.7 Å². The van der Waals surface area contributed by atoms with Crippen molar-refractivity contribution in [1.82, 2.24) is 9.97 Å². The molecule has 0 aliphatic carbocycles. The van der Waals surface area contributed by atoms with Crippen molar-refractivity contribution in [3.05, 3.63) is 17.5 Å². The minimum Gasteiger partial charge on any atom is -0.388 e. The molecule has 2 N–H and O–H groups in total. The van der Waals surface area contributed by atoms with E-state index >= 15 is 0 Å². The number of nitrogens with zero attached hydrogens (tertiary/aromatic N) is 3. The third-order valence-corrected chi connectivity index (χ3v) is 2.69. The Morgan fingerprint density at radius 2 is 2.07 bits per heavy atom. The number of hydrogen-bond acceptors (Lipinski definition) is 4. The third-order valence-electron chi connectivity index (χ3n) is 2.48. The van der Waals surface area contributed by atoms with Gasteiger partial charge in [-0.05, 0) is 25.8 Å². The van der Waals surface area contributed by atoms with Crippen LogP contribution in [0.3, 0.4) is 0 Å². The summed E-state index contributed by atoms with van der Waals surface area (Å²) < 4.78 is 0. The Morgan fingerprint density at radius 3 is 2.67 bits per heavy atom. The molecule has 0 amide bonds. The lowest BCUT2D eigenvalue weighted by molar-refractivity contribution is 0.886. The van der Waals surface area contributed by atoms with E-state index in [2.05, 4.69) is 14.9 Å². The molecule has 80 valence electrons. The second kappa shape index (κ2) is 4.10. The van der Waals surface area contributed by atoms with E-state index in [1.54, 1.807) is 0 Å². The van der Waals surface area contributed by atoms with Crippen LogP contribution in [0.5, 0.6) is 0 Å². The highest BCUT2D eigenvalue weighted by atomic mass is 32.1. The highest BCUT2D eigenvalue weighted by Crippen LogP contribution is 2.16. The molecule has 0 unspecified atom stereocenters. The molecular weight excluding hydrogens is 208 g/mol. The lowest BCUT2D eigenvalue weighted by Crippen LogP contribution is -2.23. The fourth-order valence-corrected chi connectivity index (χ4v) is 1.84. The number of thiocarbonyl (C=S) groups is 1. The minimum absolute atomic E-state index is 0.334. The van der Waals surface area contributed by atoms with Crippen LogP contribution >= 0.6 is 12.2 Å². The highest BCUT2D eigenvalue weighted by Gasteiger charge is 2.16. The molecule has 0 aromatic carbocycles. The zero-order valence-corrected chi connectivity index (χ0v) is 9.55. The van der Waals surface area contributed by atoms with Crippen molar-refractivity contribution in [1.29, 1.82) is 0 Å². The van der Waals surface area contributed by atoms with Gasteiger partial charge in [0.15, 0.2) is 0 Å². The predicted octanol–water partition coefficient (Wildman–Crippen LogP) is 1.02. The number of nitrogens with two attached hydrogens (primary N) is 1. The van der Waals surface area contributed by atoms with Crippen LogP contribution in [0, 0.1) is 6.92 Å². The maximum absolute atomic E-state index is 5.57. The molecule has 2 rings (SSSR count). The second-order valence-corrected chi connectivity index (χ2v) is 4.19. The fraction of sp³-hybridized carbons (Fsp3) is 0.500. The summed E-state index contributed by atoms with van der Waals surface area (Å²) in [7, 11) is 0. The highest BCUT2D eigenvalue weighted by molar-refractivity contribution is 7.80. The average Bonchev–Trinajstić information content (AvgIpc) is 2.69. The zero-order chi connectivity index (χ0) is 10.8. The topological polar surface area (TPSA) is 55.0 Å². The standard InChI is InChI=1S/C10H14N4S/c1-7-6-8(9(11)15)13-10(12-7)14-4-2-3-5-14/h6H,2-5H2,1H3,(H2,11,15). The normalized spacial score (nSPS) is 15.7. The number of anilines is 1. The first-order valence-corrected chi connectivity index (χ1v) is 5.48. The number of aromatic nitrogens is 2. The fourth-order valence-electron chi connectivity index (χ4n) is 1.74. The van der Waals surface area contributed by atoms with Crippen molar-refractivity contribution in [3.8, 4) is 0 Å². The molecule has 0 saturated carbocycles. The Labute approximate surface area is 94.5 Å². The summed E-state index contributed by atoms with van der Waals surface area (Å²) in [6, 6.07) is 1.82. The average molecular weight is 222 g/mol. The summed E-state index contributed by atoms with van der Waals surface area (Å²) in [5, 5.41) is 0. The van der Waals surface area contributed by atoms with Crippen LogP contribution in [0.25, 0.3) is 0 Å². The van der Waals surface area contributed by atoms with E-state index in [0.29, 0.717) is 10.7 Å². The Morgan fingerprint density at radius 1 is 1.40 bits per heavy atom. The van der Waals surface area contributed by atoms with Crippen LogP contribution in [0.4, 0.5) is 5.95 Å². The Bertz CT molecular complexity index is 385. The van der Waals surface area contributed by atoms with E-state index in [4.69, 9.17) is 18.0 Å². The van der Waals surface area contributed by atoms with Gasteiger partial charge in [0.05, 0.1) is 0 Å². The molecule has 15 heavy (non-hydrogen) atoms. The lowest BCUT2D eigenvalue weighted by atomic mass is 10.3. The molecule has 4 nitrogen and oxygen atoms in total. The van der Waals surface area contributed by atoms with Crippen molar-refractivity contribution < 1.29 is 0 Å². The summed E-state index contributed by atoms with van der Waals surface area (Å²) in [4.78, 5) is 11.3. The largest absolute Gasteiger partial charge is 0.388 e.